The maximum atomic E-state index is 12.0. The number of hydrogen-bond donors (Lipinski definition) is 3. The van der Waals surface area contributed by atoms with Crippen LogP contribution in [-0.4, -0.2) is 45.9 Å². The number of rotatable bonds is 9. The Bertz CT molecular complexity index is 698. The first-order valence-electron chi connectivity index (χ1n) is 9.65. The lowest BCUT2D eigenvalue weighted by Gasteiger charge is -2.22. The van der Waals surface area contributed by atoms with Crippen LogP contribution in [0, 0.1) is 0 Å². The van der Waals surface area contributed by atoms with Crippen LogP contribution in [0.15, 0.2) is 29.3 Å². The average molecular weight is 397 g/mol. The van der Waals surface area contributed by atoms with E-state index in [9.17, 15) is 8.42 Å². The van der Waals surface area contributed by atoms with Crippen LogP contribution >= 0.6 is 0 Å². The van der Waals surface area contributed by atoms with E-state index in [1.165, 1.54) is 5.56 Å². The predicted octanol–water partition coefficient (Wildman–Crippen LogP) is 2.42. The lowest BCUT2D eigenvalue weighted by molar-refractivity contribution is 0.0200. The van der Waals surface area contributed by atoms with E-state index in [1.54, 1.807) is 0 Å². The smallest absolute Gasteiger partial charge is 0.213 e. The van der Waals surface area contributed by atoms with Crippen LogP contribution in [0.4, 0.5) is 5.69 Å². The number of sulfonamides is 1. The number of benzene rings is 1. The van der Waals surface area contributed by atoms with Gasteiger partial charge in [0, 0.05) is 18.8 Å². The molecule has 0 amide bonds. The maximum absolute atomic E-state index is 12.0. The SMILES string of the molecule is CCC(C)c1ccc(NC(N)=NCCS(=O)(=O)NCC2CCCCO2)cc1. The molecule has 0 aromatic heterocycles. The summed E-state index contributed by atoms with van der Waals surface area (Å²) >= 11 is 0. The number of nitrogens with one attached hydrogen (secondary N) is 2. The molecule has 0 radical (unpaired) electrons. The number of aliphatic imine (C=N–C) groups is 1. The Kier molecular flexibility index (Phi) is 8.53. The van der Waals surface area contributed by atoms with Gasteiger partial charge in [0.05, 0.1) is 18.4 Å². The van der Waals surface area contributed by atoms with Gasteiger partial charge in [0.1, 0.15) is 0 Å². The highest BCUT2D eigenvalue weighted by Crippen LogP contribution is 2.20. The van der Waals surface area contributed by atoms with Crippen LogP contribution < -0.4 is 15.8 Å². The molecule has 27 heavy (non-hydrogen) atoms. The van der Waals surface area contributed by atoms with Crippen molar-refractivity contribution in [2.24, 2.45) is 10.7 Å². The average Bonchev–Trinajstić information content (AvgIpc) is 2.67. The number of nitrogens with zero attached hydrogens (tertiary/aromatic N) is 1. The van der Waals surface area contributed by atoms with Gasteiger partial charge in [-0.3, -0.25) is 4.99 Å². The van der Waals surface area contributed by atoms with Gasteiger partial charge in [0.15, 0.2) is 5.96 Å². The molecule has 1 saturated heterocycles. The van der Waals surface area contributed by atoms with Gasteiger partial charge < -0.3 is 15.8 Å². The zero-order valence-electron chi connectivity index (χ0n) is 16.3. The zero-order chi connectivity index (χ0) is 19.7. The summed E-state index contributed by atoms with van der Waals surface area (Å²) < 4.78 is 32.2. The van der Waals surface area contributed by atoms with Gasteiger partial charge in [-0.1, -0.05) is 26.0 Å². The molecule has 1 heterocycles. The van der Waals surface area contributed by atoms with E-state index in [1.807, 2.05) is 12.1 Å². The molecule has 4 N–H and O–H groups in total. The fourth-order valence-corrected chi connectivity index (χ4v) is 3.78. The van der Waals surface area contributed by atoms with Crippen LogP contribution in [-0.2, 0) is 14.8 Å². The summed E-state index contributed by atoms with van der Waals surface area (Å²) in [6.45, 7) is 5.48. The van der Waals surface area contributed by atoms with Gasteiger partial charge in [-0.2, -0.15) is 0 Å². The number of nitrogens with two attached hydrogens (primary N) is 1. The highest BCUT2D eigenvalue weighted by Gasteiger charge is 2.17. The molecular weight excluding hydrogens is 364 g/mol. The molecule has 152 valence electrons. The molecule has 1 aliphatic rings. The molecule has 8 heteroatoms. The van der Waals surface area contributed by atoms with E-state index in [4.69, 9.17) is 10.5 Å². The zero-order valence-corrected chi connectivity index (χ0v) is 17.1. The molecule has 0 saturated carbocycles. The third-order valence-electron chi connectivity index (χ3n) is 4.81. The second-order valence-electron chi connectivity index (χ2n) is 6.98. The quantitative estimate of drug-likeness (QED) is 0.439. The van der Waals surface area contributed by atoms with Crippen LogP contribution in [0.2, 0.25) is 0 Å². The Morgan fingerprint density at radius 3 is 2.70 bits per heavy atom. The Balaban J connectivity index is 1.75. The van der Waals surface area contributed by atoms with E-state index in [0.29, 0.717) is 19.1 Å². The summed E-state index contributed by atoms with van der Waals surface area (Å²) in [6.07, 6.45) is 4.09. The number of ether oxygens (including phenoxy) is 1. The summed E-state index contributed by atoms with van der Waals surface area (Å²) in [6, 6.07) is 8.02. The minimum absolute atomic E-state index is 0.0258. The highest BCUT2D eigenvalue weighted by atomic mass is 32.2. The molecule has 0 aliphatic carbocycles. The largest absolute Gasteiger partial charge is 0.377 e. The van der Waals surface area contributed by atoms with E-state index in [-0.39, 0.29) is 24.4 Å². The van der Waals surface area contributed by atoms with Crippen LogP contribution in [0.1, 0.15) is 51.0 Å². The van der Waals surface area contributed by atoms with Crippen molar-refractivity contribution >= 4 is 21.7 Å². The van der Waals surface area contributed by atoms with Crippen molar-refractivity contribution in [3.8, 4) is 0 Å². The first kappa shape index (κ1) is 21.7. The van der Waals surface area contributed by atoms with Gasteiger partial charge in [-0.15, -0.1) is 0 Å². The summed E-state index contributed by atoms with van der Waals surface area (Å²) in [5.41, 5.74) is 7.96. The highest BCUT2D eigenvalue weighted by molar-refractivity contribution is 7.89. The maximum Gasteiger partial charge on any atom is 0.213 e. The normalized spacial score (nSPS) is 19.6. The fourth-order valence-electron chi connectivity index (χ4n) is 2.86. The van der Waals surface area contributed by atoms with E-state index >= 15 is 0 Å². The number of anilines is 1. The Morgan fingerprint density at radius 2 is 2.07 bits per heavy atom. The third kappa shape index (κ3) is 7.86. The van der Waals surface area contributed by atoms with Crippen molar-refractivity contribution in [3.05, 3.63) is 29.8 Å². The molecule has 1 aromatic carbocycles. The van der Waals surface area contributed by atoms with Crippen molar-refractivity contribution in [3.63, 3.8) is 0 Å². The number of guanidine groups is 1. The van der Waals surface area contributed by atoms with Gasteiger partial charge in [-0.25, -0.2) is 13.1 Å². The lowest BCUT2D eigenvalue weighted by Crippen LogP contribution is -2.37. The van der Waals surface area contributed by atoms with Crippen LogP contribution in [0.3, 0.4) is 0 Å². The predicted molar refractivity (Wildman–Crippen MR) is 111 cm³/mol. The summed E-state index contributed by atoms with van der Waals surface area (Å²) in [5, 5.41) is 2.99. The van der Waals surface area contributed by atoms with Crippen molar-refractivity contribution in [2.45, 2.75) is 51.6 Å². The van der Waals surface area contributed by atoms with Crippen molar-refractivity contribution < 1.29 is 13.2 Å². The summed E-state index contributed by atoms with van der Waals surface area (Å²) in [7, 11) is -3.39. The van der Waals surface area contributed by atoms with Crippen molar-refractivity contribution in [1.82, 2.24) is 4.72 Å². The van der Waals surface area contributed by atoms with Crippen molar-refractivity contribution in [1.29, 1.82) is 0 Å². The Labute approximate surface area is 162 Å². The molecule has 2 atom stereocenters. The first-order valence-corrected chi connectivity index (χ1v) is 11.3. The second kappa shape index (κ2) is 10.6. The molecule has 7 nitrogen and oxygen atoms in total. The number of hydrogen-bond acceptors (Lipinski definition) is 4. The molecule has 1 aromatic rings. The molecule has 1 aliphatic heterocycles. The minimum atomic E-state index is -3.39. The molecule has 2 rings (SSSR count). The topological polar surface area (TPSA) is 106 Å². The Morgan fingerprint density at radius 1 is 1.33 bits per heavy atom. The fraction of sp³-hybridized carbons (Fsp3) is 0.632. The van der Waals surface area contributed by atoms with Gasteiger partial charge in [0.25, 0.3) is 0 Å². The van der Waals surface area contributed by atoms with Gasteiger partial charge in [-0.05, 0) is 49.3 Å². The minimum Gasteiger partial charge on any atom is -0.377 e. The van der Waals surface area contributed by atoms with Gasteiger partial charge >= 0.3 is 0 Å². The first-order chi connectivity index (χ1) is 12.9. The van der Waals surface area contributed by atoms with E-state index < -0.39 is 10.0 Å². The van der Waals surface area contributed by atoms with Crippen LogP contribution in [0.5, 0.6) is 0 Å². The van der Waals surface area contributed by atoms with E-state index in [2.05, 4.69) is 41.0 Å². The third-order valence-corrected chi connectivity index (χ3v) is 6.14. The monoisotopic (exact) mass is 396 g/mol. The van der Waals surface area contributed by atoms with Gasteiger partial charge in [0.2, 0.25) is 10.0 Å². The van der Waals surface area contributed by atoms with Crippen LogP contribution in [0.25, 0.3) is 0 Å². The lowest BCUT2D eigenvalue weighted by atomic mass is 9.99. The summed E-state index contributed by atoms with van der Waals surface area (Å²) in [5.74, 6) is 0.619. The molecule has 0 bridgehead atoms. The molecule has 2 unspecified atom stereocenters. The Hall–Kier alpha value is -1.64. The molecular formula is C19H32N4O3S. The van der Waals surface area contributed by atoms with Crippen molar-refractivity contribution in [2.75, 3.05) is 30.8 Å². The summed E-state index contributed by atoms with van der Waals surface area (Å²) in [4.78, 5) is 4.11. The molecule has 0 spiro atoms. The second-order valence-corrected chi connectivity index (χ2v) is 8.91. The van der Waals surface area contributed by atoms with E-state index in [0.717, 1.165) is 31.4 Å². The standard InChI is InChI=1S/C19H32N4O3S/c1-3-15(2)16-7-9-17(10-8-16)23-19(20)21-11-13-27(24,25)22-14-18-6-4-5-12-26-18/h7-10,15,18,22H,3-6,11-14H2,1-2H3,(H3,20,21,23). The molecule has 1 fully saturated rings.